The third-order valence-electron chi connectivity index (χ3n) is 3.59. The number of fused-ring (bicyclic) bond motifs is 1. The minimum absolute atomic E-state index is 0.755. The van der Waals surface area contributed by atoms with Crippen LogP contribution in [-0.4, -0.2) is 29.7 Å². The van der Waals surface area contributed by atoms with E-state index in [2.05, 4.69) is 40.4 Å². The van der Waals surface area contributed by atoms with Gasteiger partial charge >= 0.3 is 0 Å². The Bertz CT molecular complexity index is 637. The average molecular weight is 269 g/mol. The first-order valence-corrected chi connectivity index (χ1v) is 7.04. The molecule has 0 spiro atoms. The number of nitrogens with zero attached hydrogens (tertiary/aromatic N) is 2. The van der Waals surface area contributed by atoms with E-state index in [-0.39, 0.29) is 0 Å². The van der Waals surface area contributed by atoms with Crippen LogP contribution in [0.25, 0.3) is 10.9 Å². The van der Waals surface area contributed by atoms with Gasteiger partial charge in [0.05, 0.1) is 18.7 Å². The number of aryl methyl sites for hydroxylation is 1. The fraction of sp³-hybridized carbons (Fsp3) is 0.375. The number of nitrogens with one attached hydrogen (secondary N) is 1. The number of anilines is 1. The van der Waals surface area contributed by atoms with Gasteiger partial charge in [-0.05, 0) is 31.9 Å². The molecule has 4 heteroatoms. The number of hydrogen-bond acceptors (Lipinski definition) is 4. The summed E-state index contributed by atoms with van der Waals surface area (Å²) in [5.74, 6) is 0.923. The molecule has 0 saturated carbocycles. The second-order valence-corrected chi connectivity index (χ2v) is 5.11. The van der Waals surface area contributed by atoms with Gasteiger partial charge in [0.1, 0.15) is 12.1 Å². The van der Waals surface area contributed by atoms with Crippen molar-refractivity contribution >= 4 is 16.7 Å². The highest BCUT2D eigenvalue weighted by Gasteiger charge is 2.06. The summed E-state index contributed by atoms with van der Waals surface area (Å²) in [6, 6.07) is 6.25. The largest absolute Gasteiger partial charge is 0.377 e. The molecule has 0 atom stereocenters. The summed E-state index contributed by atoms with van der Waals surface area (Å²) in [5.41, 5.74) is 3.68. The van der Waals surface area contributed by atoms with E-state index in [9.17, 15) is 0 Å². The van der Waals surface area contributed by atoms with Crippen LogP contribution in [0.3, 0.4) is 0 Å². The highest BCUT2D eigenvalue weighted by Crippen LogP contribution is 2.21. The van der Waals surface area contributed by atoms with Crippen LogP contribution < -0.4 is 5.32 Å². The fourth-order valence-electron chi connectivity index (χ4n) is 2.45. The topological polar surface area (TPSA) is 47.0 Å². The normalized spacial score (nSPS) is 15.2. The van der Waals surface area contributed by atoms with E-state index >= 15 is 0 Å². The van der Waals surface area contributed by atoms with Crippen LogP contribution in [0.4, 0.5) is 5.82 Å². The minimum Gasteiger partial charge on any atom is -0.377 e. The summed E-state index contributed by atoms with van der Waals surface area (Å²) in [6.07, 6.45) is 5.90. The van der Waals surface area contributed by atoms with Crippen LogP contribution in [0.2, 0.25) is 0 Å². The van der Waals surface area contributed by atoms with E-state index in [1.165, 1.54) is 11.1 Å². The van der Waals surface area contributed by atoms with Crippen molar-refractivity contribution in [2.75, 3.05) is 25.1 Å². The van der Waals surface area contributed by atoms with Crippen LogP contribution in [-0.2, 0) is 4.74 Å². The molecular formula is C16H19N3O. The number of hydrogen-bond donors (Lipinski definition) is 1. The quantitative estimate of drug-likeness (QED) is 0.866. The van der Waals surface area contributed by atoms with Gasteiger partial charge in [0.25, 0.3) is 0 Å². The van der Waals surface area contributed by atoms with Gasteiger partial charge in [-0.2, -0.15) is 0 Å². The fourth-order valence-corrected chi connectivity index (χ4v) is 2.45. The van der Waals surface area contributed by atoms with Crippen molar-refractivity contribution < 1.29 is 4.74 Å². The maximum atomic E-state index is 5.32. The first kappa shape index (κ1) is 13.1. The summed E-state index contributed by atoms with van der Waals surface area (Å²) in [5, 5.41) is 4.52. The molecule has 0 bridgehead atoms. The van der Waals surface area contributed by atoms with E-state index in [4.69, 9.17) is 4.74 Å². The standard InChI is InChI=1S/C16H19N3O/c1-12-2-3-15-14(10-12)16(19-11-18-15)17-7-4-13-5-8-20-9-6-13/h2-3,5,10-11H,4,6-9H2,1H3,(H,17,18,19). The van der Waals surface area contributed by atoms with Gasteiger partial charge in [-0.1, -0.05) is 23.3 Å². The van der Waals surface area contributed by atoms with Gasteiger partial charge in [-0.15, -0.1) is 0 Å². The molecule has 2 heterocycles. The highest BCUT2D eigenvalue weighted by molar-refractivity contribution is 5.89. The summed E-state index contributed by atoms with van der Waals surface area (Å²) < 4.78 is 5.32. The Labute approximate surface area is 118 Å². The minimum atomic E-state index is 0.755. The first-order valence-electron chi connectivity index (χ1n) is 7.04. The van der Waals surface area contributed by atoms with Crippen LogP contribution >= 0.6 is 0 Å². The second-order valence-electron chi connectivity index (χ2n) is 5.11. The lowest BCUT2D eigenvalue weighted by molar-refractivity contribution is 0.153. The zero-order valence-corrected chi connectivity index (χ0v) is 11.7. The Morgan fingerprint density at radius 2 is 2.25 bits per heavy atom. The summed E-state index contributed by atoms with van der Waals surface area (Å²) >= 11 is 0. The van der Waals surface area contributed by atoms with Crippen LogP contribution in [0.15, 0.2) is 36.2 Å². The highest BCUT2D eigenvalue weighted by atomic mass is 16.5. The van der Waals surface area contributed by atoms with Crippen molar-refractivity contribution in [2.24, 2.45) is 0 Å². The molecular weight excluding hydrogens is 250 g/mol. The Kier molecular flexibility index (Phi) is 3.92. The van der Waals surface area contributed by atoms with Gasteiger partial charge in [0, 0.05) is 11.9 Å². The average Bonchev–Trinajstić information content (AvgIpc) is 2.49. The molecule has 0 aliphatic carbocycles. The monoisotopic (exact) mass is 269 g/mol. The summed E-state index contributed by atoms with van der Waals surface area (Å²) in [7, 11) is 0. The summed E-state index contributed by atoms with van der Waals surface area (Å²) in [6.45, 7) is 4.58. The van der Waals surface area contributed by atoms with E-state index in [0.29, 0.717) is 0 Å². The van der Waals surface area contributed by atoms with Crippen molar-refractivity contribution in [3.63, 3.8) is 0 Å². The van der Waals surface area contributed by atoms with Gasteiger partial charge < -0.3 is 10.1 Å². The van der Waals surface area contributed by atoms with Crippen LogP contribution in [0, 0.1) is 6.92 Å². The lowest BCUT2D eigenvalue weighted by Crippen LogP contribution is -2.10. The molecule has 0 radical (unpaired) electrons. The second kappa shape index (κ2) is 6.01. The zero-order valence-electron chi connectivity index (χ0n) is 11.7. The lowest BCUT2D eigenvalue weighted by atomic mass is 10.1. The van der Waals surface area contributed by atoms with Crippen molar-refractivity contribution in [1.82, 2.24) is 9.97 Å². The molecule has 1 aromatic heterocycles. The molecule has 104 valence electrons. The van der Waals surface area contributed by atoms with Gasteiger partial charge in [0.15, 0.2) is 0 Å². The Hall–Kier alpha value is -1.94. The number of aromatic nitrogens is 2. The molecule has 3 rings (SSSR count). The number of rotatable bonds is 4. The predicted molar refractivity (Wildman–Crippen MR) is 80.9 cm³/mol. The van der Waals surface area contributed by atoms with Crippen molar-refractivity contribution in [3.8, 4) is 0 Å². The molecule has 1 N–H and O–H groups in total. The molecule has 20 heavy (non-hydrogen) atoms. The Morgan fingerprint density at radius 1 is 1.30 bits per heavy atom. The van der Waals surface area contributed by atoms with Gasteiger partial charge in [-0.3, -0.25) is 0 Å². The molecule has 0 amide bonds. The smallest absolute Gasteiger partial charge is 0.137 e. The van der Waals surface area contributed by atoms with E-state index in [1.54, 1.807) is 6.33 Å². The van der Waals surface area contributed by atoms with Gasteiger partial charge in [-0.25, -0.2) is 9.97 Å². The summed E-state index contributed by atoms with van der Waals surface area (Å²) in [4.78, 5) is 8.67. The maximum absolute atomic E-state index is 5.32. The lowest BCUT2D eigenvalue weighted by Gasteiger charge is -2.14. The molecule has 1 aromatic carbocycles. The molecule has 4 nitrogen and oxygen atoms in total. The molecule has 0 unspecified atom stereocenters. The predicted octanol–water partition coefficient (Wildman–Crippen LogP) is 3.09. The Morgan fingerprint density at radius 3 is 3.10 bits per heavy atom. The van der Waals surface area contributed by atoms with Crippen LogP contribution in [0.5, 0.6) is 0 Å². The number of benzene rings is 1. The van der Waals surface area contributed by atoms with E-state index in [0.717, 1.165) is 49.3 Å². The third kappa shape index (κ3) is 2.96. The maximum Gasteiger partial charge on any atom is 0.137 e. The molecule has 0 saturated heterocycles. The van der Waals surface area contributed by atoms with Crippen molar-refractivity contribution in [2.45, 2.75) is 19.8 Å². The van der Waals surface area contributed by atoms with E-state index < -0.39 is 0 Å². The Balaban J connectivity index is 1.71. The first-order chi connectivity index (χ1) is 9.83. The van der Waals surface area contributed by atoms with Crippen LogP contribution in [0.1, 0.15) is 18.4 Å². The van der Waals surface area contributed by atoms with Crippen molar-refractivity contribution in [1.29, 1.82) is 0 Å². The van der Waals surface area contributed by atoms with Crippen molar-refractivity contribution in [3.05, 3.63) is 41.7 Å². The molecule has 2 aromatic rings. The number of ether oxygens (including phenoxy) is 1. The molecule has 0 fully saturated rings. The molecule has 1 aliphatic heterocycles. The third-order valence-corrected chi connectivity index (χ3v) is 3.59. The molecule has 1 aliphatic rings. The SMILES string of the molecule is Cc1ccc2ncnc(NCCC3=CCOCC3)c2c1. The zero-order chi connectivity index (χ0) is 13.8. The van der Waals surface area contributed by atoms with Gasteiger partial charge in [0.2, 0.25) is 0 Å². The van der Waals surface area contributed by atoms with E-state index in [1.807, 2.05) is 6.07 Å².